The lowest BCUT2D eigenvalue weighted by molar-refractivity contribution is -0.253. The van der Waals surface area contributed by atoms with Crippen LogP contribution in [0.4, 0.5) is 0 Å². The molecule has 0 aliphatic carbocycles. The molecular formula is C26H34N2O4. The van der Waals surface area contributed by atoms with E-state index in [1.807, 2.05) is 48.5 Å². The number of likely N-dealkylation sites (tertiary alicyclic amines) is 1. The van der Waals surface area contributed by atoms with Gasteiger partial charge in [0, 0.05) is 32.0 Å². The minimum Gasteiger partial charge on any atom is -0.392 e. The smallest absolute Gasteiger partial charge is 0.217 e. The fourth-order valence-electron chi connectivity index (χ4n) is 4.48. The minimum absolute atomic E-state index is 0.0383. The number of ether oxygens (including phenoxy) is 2. The highest BCUT2D eigenvalue weighted by atomic mass is 16.7. The van der Waals surface area contributed by atoms with E-state index in [1.54, 1.807) is 0 Å². The van der Waals surface area contributed by atoms with Crippen LogP contribution in [-0.2, 0) is 27.4 Å². The maximum Gasteiger partial charge on any atom is 0.217 e. The minimum atomic E-state index is -0.434. The first kappa shape index (κ1) is 22.9. The van der Waals surface area contributed by atoms with E-state index in [0.29, 0.717) is 6.54 Å². The number of nitrogens with one attached hydrogen (secondary N) is 1. The Labute approximate surface area is 190 Å². The standard InChI is InChI=1S/C26H34N2O4/c1-19(30)27-16-20-5-11-23(12-6-20)26-31-24(17-28-13-3-2-4-14-28)15-25(32-26)22-9-7-21(18-29)8-10-22/h5-12,24-26,29H,2-4,13-18H2,1H3,(H,27,30)/t24-,25+,26+/m0/s1. The highest BCUT2D eigenvalue weighted by Crippen LogP contribution is 2.38. The van der Waals surface area contributed by atoms with Gasteiger partial charge in [0.05, 0.1) is 18.8 Å². The molecule has 2 fully saturated rings. The van der Waals surface area contributed by atoms with E-state index in [2.05, 4.69) is 10.2 Å². The second kappa shape index (κ2) is 11.1. The fraction of sp³-hybridized carbons (Fsp3) is 0.500. The van der Waals surface area contributed by atoms with Gasteiger partial charge < -0.3 is 24.8 Å². The molecule has 2 saturated heterocycles. The Morgan fingerprint density at radius 3 is 2.28 bits per heavy atom. The molecule has 0 spiro atoms. The van der Waals surface area contributed by atoms with Crippen LogP contribution in [0.5, 0.6) is 0 Å². The molecule has 0 bridgehead atoms. The Morgan fingerprint density at radius 1 is 0.969 bits per heavy atom. The lowest BCUT2D eigenvalue weighted by Gasteiger charge is -2.39. The summed E-state index contributed by atoms with van der Waals surface area (Å²) in [6, 6.07) is 16.1. The maximum atomic E-state index is 11.2. The Morgan fingerprint density at radius 2 is 1.62 bits per heavy atom. The molecule has 2 aromatic rings. The van der Waals surface area contributed by atoms with Gasteiger partial charge >= 0.3 is 0 Å². The van der Waals surface area contributed by atoms with Crippen LogP contribution in [0.3, 0.4) is 0 Å². The quantitative estimate of drug-likeness (QED) is 0.687. The molecule has 3 atom stereocenters. The third-order valence-corrected chi connectivity index (χ3v) is 6.32. The first-order valence-corrected chi connectivity index (χ1v) is 11.7. The Bertz CT molecular complexity index is 862. The number of hydrogen-bond acceptors (Lipinski definition) is 5. The van der Waals surface area contributed by atoms with Crippen molar-refractivity contribution >= 4 is 5.91 Å². The summed E-state index contributed by atoms with van der Waals surface area (Å²) in [4.78, 5) is 13.7. The van der Waals surface area contributed by atoms with Crippen LogP contribution < -0.4 is 5.32 Å². The summed E-state index contributed by atoms with van der Waals surface area (Å²) in [5, 5.41) is 12.2. The number of benzene rings is 2. The van der Waals surface area contributed by atoms with Crippen molar-refractivity contribution in [2.75, 3.05) is 19.6 Å². The topological polar surface area (TPSA) is 71.0 Å². The molecule has 32 heavy (non-hydrogen) atoms. The van der Waals surface area contributed by atoms with Crippen molar-refractivity contribution in [3.05, 3.63) is 70.8 Å². The van der Waals surface area contributed by atoms with Crippen LogP contribution in [-0.4, -0.2) is 41.7 Å². The third-order valence-electron chi connectivity index (χ3n) is 6.32. The maximum absolute atomic E-state index is 11.2. The van der Waals surface area contributed by atoms with Gasteiger partial charge in [-0.05, 0) is 42.6 Å². The van der Waals surface area contributed by atoms with Crippen molar-refractivity contribution in [3.63, 3.8) is 0 Å². The van der Waals surface area contributed by atoms with E-state index in [4.69, 9.17) is 9.47 Å². The Hall–Kier alpha value is -2.25. The fourth-order valence-corrected chi connectivity index (χ4v) is 4.48. The second-order valence-corrected chi connectivity index (χ2v) is 8.86. The molecule has 172 valence electrons. The SMILES string of the molecule is CC(=O)NCc1ccc([C@@H]2O[C@H](CN3CCCCC3)C[C@H](c3ccc(CO)cc3)O2)cc1. The summed E-state index contributed by atoms with van der Waals surface area (Å²) in [5.41, 5.74) is 4.04. The van der Waals surface area contributed by atoms with E-state index < -0.39 is 6.29 Å². The molecule has 1 amide bonds. The van der Waals surface area contributed by atoms with Crippen LogP contribution in [0, 0.1) is 0 Å². The summed E-state index contributed by atoms with van der Waals surface area (Å²) < 4.78 is 12.9. The normalized spacial score (nSPS) is 24.2. The molecule has 2 aliphatic heterocycles. The van der Waals surface area contributed by atoms with Crippen LogP contribution in [0.1, 0.15) is 67.3 Å². The van der Waals surface area contributed by atoms with E-state index in [0.717, 1.165) is 48.3 Å². The number of aliphatic hydroxyl groups excluding tert-OH is 1. The average molecular weight is 439 g/mol. The zero-order valence-corrected chi connectivity index (χ0v) is 18.8. The predicted molar refractivity (Wildman–Crippen MR) is 123 cm³/mol. The molecule has 0 radical (unpaired) electrons. The average Bonchev–Trinajstić information content (AvgIpc) is 2.83. The van der Waals surface area contributed by atoms with Crippen molar-refractivity contribution in [3.8, 4) is 0 Å². The van der Waals surface area contributed by atoms with Crippen LogP contribution >= 0.6 is 0 Å². The highest BCUT2D eigenvalue weighted by Gasteiger charge is 2.33. The van der Waals surface area contributed by atoms with Crippen LogP contribution in [0.15, 0.2) is 48.5 Å². The van der Waals surface area contributed by atoms with Gasteiger partial charge in [-0.25, -0.2) is 0 Å². The van der Waals surface area contributed by atoms with Gasteiger partial charge in [-0.1, -0.05) is 55.0 Å². The molecule has 2 heterocycles. The lowest BCUT2D eigenvalue weighted by atomic mass is 9.99. The molecular weight excluding hydrogens is 404 g/mol. The van der Waals surface area contributed by atoms with Crippen molar-refractivity contribution in [2.45, 2.75) is 64.3 Å². The molecule has 0 unspecified atom stereocenters. The highest BCUT2D eigenvalue weighted by molar-refractivity contribution is 5.72. The predicted octanol–water partition coefficient (Wildman–Crippen LogP) is 3.85. The lowest BCUT2D eigenvalue weighted by Crippen LogP contribution is -2.41. The number of aliphatic hydroxyl groups is 1. The number of nitrogens with zero attached hydrogens (tertiary/aromatic N) is 1. The van der Waals surface area contributed by atoms with Crippen molar-refractivity contribution in [1.82, 2.24) is 10.2 Å². The third kappa shape index (κ3) is 6.17. The number of amides is 1. The molecule has 2 aromatic carbocycles. The molecule has 4 rings (SSSR count). The van der Waals surface area contributed by atoms with Gasteiger partial charge in [0.2, 0.25) is 5.91 Å². The van der Waals surface area contributed by atoms with Crippen LogP contribution in [0.2, 0.25) is 0 Å². The van der Waals surface area contributed by atoms with Gasteiger partial charge in [0.15, 0.2) is 6.29 Å². The van der Waals surface area contributed by atoms with Crippen molar-refractivity contribution in [1.29, 1.82) is 0 Å². The Balaban J connectivity index is 1.49. The monoisotopic (exact) mass is 438 g/mol. The summed E-state index contributed by atoms with van der Waals surface area (Å²) >= 11 is 0. The number of piperidine rings is 1. The number of carbonyl (C=O) groups is 1. The van der Waals surface area contributed by atoms with Gasteiger partial charge in [0.25, 0.3) is 0 Å². The molecule has 6 nitrogen and oxygen atoms in total. The zero-order valence-electron chi connectivity index (χ0n) is 18.8. The van der Waals surface area contributed by atoms with Crippen molar-refractivity contribution in [2.24, 2.45) is 0 Å². The van der Waals surface area contributed by atoms with E-state index in [-0.39, 0.29) is 24.7 Å². The van der Waals surface area contributed by atoms with E-state index in [9.17, 15) is 9.90 Å². The Kier molecular flexibility index (Phi) is 7.92. The van der Waals surface area contributed by atoms with E-state index >= 15 is 0 Å². The summed E-state index contributed by atoms with van der Waals surface area (Å²) in [6.45, 7) is 5.27. The summed E-state index contributed by atoms with van der Waals surface area (Å²) in [5.74, 6) is -0.0383. The largest absolute Gasteiger partial charge is 0.392 e. The first-order valence-electron chi connectivity index (χ1n) is 11.7. The molecule has 2 aliphatic rings. The van der Waals surface area contributed by atoms with E-state index in [1.165, 1.54) is 26.2 Å². The number of carbonyl (C=O) groups excluding carboxylic acids is 1. The molecule has 2 N–H and O–H groups in total. The van der Waals surface area contributed by atoms with Crippen molar-refractivity contribution < 1.29 is 19.4 Å². The summed E-state index contributed by atoms with van der Waals surface area (Å²) in [6.07, 6.45) is 4.24. The number of hydrogen-bond donors (Lipinski definition) is 2. The first-order chi connectivity index (χ1) is 15.6. The second-order valence-electron chi connectivity index (χ2n) is 8.86. The molecule has 0 saturated carbocycles. The molecule has 0 aromatic heterocycles. The van der Waals surface area contributed by atoms with Gasteiger partial charge in [-0.2, -0.15) is 0 Å². The van der Waals surface area contributed by atoms with Gasteiger partial charge in [-0.15, -0.1) is 0 Å². The van der Waals surface area contributed by atoms with Gasteiger partial charge in [-0.3, -0.25) is 4.79 Å². The summed E-state index contributed by atoms with van der Waals surface area (Å²) in [7, 11) is 0. The zero-order chi connectivity index (χ0) is 22.3. The number of rotatable bonds is 7. The van der Waals surface area contributed by atoms with Crippen LogP contribution in [0.25, 0.3) is 0 Å². The molecule has 6 heteroatoms. The van der Waals surface area contributed by atoms with Gasteiger partial charge in [0.1, 0.15) is 0 Å².